The monoisotopic (exact) mass is 214 g/mol. The van der Waals surface area contributed by atoms with Gasteiger partial charge in [0.05, 0.1) is 0 Å². The van der Waals surface area contributed by atoms with E-state index in [0.717, 1.165) is 5.56 Å². The van der Waals surface area contributed by atoms with E-state index < -0.39 is 0 Å². The summed E-state index contributed by atoms with van der Waals surface area (Å²) in [7, 11) is 0. The van der Waals surface area contributed by atoms with E-state index in [-0.39, 0.29) is 5.82 Å². The van der Waals surface area contributed by atoms with Gasteiger partial charge in [0.2, 0.25) is 0 Å². The van der Waals surface area contributed by atoms with Gasteiger partial charge in [-0.15, -0.1) is 11.6 Å². The average molecular weight is 215 g/mol. The fraction of sp³-hybridized carbons (Fsp3) is 0.500. The maximum atomic E-state index is 13.0. The second-order valence-corrected chi connectivity index (χ2v) is 4.32. The molecule has 0 aliphatic carbocycles. The summed E-state index contributed by atoms with van der Waals surface area (Å²) in [6.45, 7) is 6.04. The third-order valence-corrected chi connectivity index (χ3v) is 2.91. The number of alkyl halides is 1. The lowest BCUT2D eigenvalue weighted by molar-refractivity contribution is 0.537. The molecular weight excluding hydrogens is 199 g/mol. The molecule has 1 aromatic rings. The zero-order chi connectivity index (χ0) is 10.7. The summed E-state index contributed by atoms with van der Waals surface area (Å²) in [5, 5.41) is 0. The van der Waals surface area contributed by atoms with E-state index in [0.29, 0.717) is 23.3 Å². The van der Waals surface area contributed by atoms with E-state index in [1.54, 1.807) is 6.92 Å². The summed E-state index contributed by atoms with van der Waals surface area (Å²) >= 11 is 5.90. The van der Waals surface area contributed by atoms with Gasteiger partial charge >= 0.3 is 0 Å². The molecule has 0 radical (unpaired) electrons. The minimum absolute atomic E-state index is 0.147. The molecule has 14 heavy (non-hydrogen) atoms. The maximum absolute atomic E-state index is 13.0. The smallest absolute Gasteiger partial charge is 0.126 e. The highest BCUT2D eigenvalue weighted by Gasteiger charge is 2.15. The highest BCUT2D eigenvalue weighted by atomic mass is 35.5. The summed E-state index contributed by atoms with van der Waals surface area (Å²) in [6, 6.07) is 5.24. The number of halogens is 2. The Labute approximate surface area is 90.1 Å². The number of rotatable bonds is 3. The molecule has 0 saturated carbocycles. The highest BCUT2D eigenvalue weighted by Crippen LogP contribution is 2.26. The molecule has 0 spiro atoms. The molecule has 78 valence electrons. The predicted octanol–water partition coefficient (Wildman–Crippen LogP) is 4.11. The minimum Gasteiger partial charge on any atom is -0.207 e. The molecule has 0 aliphatic rings. The van der Waals surface area contributed by atoms with Gasteiger partial charge in [0, 0.05) is 5.88 Å². The second kappa shape index (κ2) is 4.79. The summed E-state index contributed by atoms with van der Waals surface area (Å²) in [5.74, 6) is 1.24. The van der Waals surface area contributed by atoms with Crippen LogP contribution >= 0.6 is 11.6 Å². The normalized spacial score (nSPS) is 13.3. The molecule has 0 bridgehead atoms. The van der Waals surface area contributed by atoms with Gasteiger partial charge in [-0.1, -0.05) is 26.0 Å². The molecular formula is C12H16ClF. The van der Waals surface area contributed by atoms with Gasteiger partial charge in [0.15, 0.2) is 0 Å². The third kappa shape index (κ3) is 2.48. The Kier molecular flexibility index (Phi) is 3.94. The van der Waals surface area contributed by atoms with Crippen molar-refractivity contribution in [2.24, 2.45) is 5.92 Å². The van der Waals surface area contributed by atoms with Crippen LogP contribution < -0.4 is 0 Å². The standard InChI is InChI=1S/C12H16ClF/c1-8(2)11(7-13)10-4-5-12(14)9(3)6-10/h4-6,8,11H,7H2,1-3H3. The predicted molar refractivity (Wildman–Crippen MR) is 59.4 cm³/mol. The topological polar surface area (TPSA) is 0 Å². The van der Waals surface area contributed by atoms with E-state index in [9.17, 15) is 4.39 Å². The van der Waals surface area contributed by atoms with Gasteiger partial charge in [-0.25, -0.2) is 4.39 Å². The first-order valence-electron chi connectivity index (χ1n) is 4.88. The Balaban J connectivity index is 3.00. The van der Waals surface area contributed by atoms with E-state index in [1.165, 1.54) is 6.07 Å². The van der Waals surface area contributed by atoms with Crippen molar-refractivity contribution >= 4 is 11.6 Å². The molecule has 1 atom stereocenters. The van der Waals surface area contributed by atoms with E-state index in [1.807, 2.05) is 12.1 Å². The second-order valence-electron chi connectivity index (χ2n) is 4.01. The zero-order valence-corrected chi connectivity index (χ0v) is 9.61. The van der Waals surface area contributed by atoms with Crippen LogP contribution in [0.2, 0.25) is 0 Å². The summed E-state index contributed by atoms with van der Waals surface area (Å²) in [5.41, 5.74) is 1.83. The van der Waals surface area contributed by atoms with Crippen LogP contribution in [0.25, 0.3) is 0 Å². The van der Waals surface area contributed by atoms with Gasteiger partial charge in [0.1, 0.15) is 5.82 Å². The molecule has 0 saturated heterocycles. The summed E-state index contributed by atoms with van der Waals surface area (Å²) in [6.07, 6.45) is 0. The highest BCUT2D eigenvalue weighted by molar-refractivity contribution is 6.18. The van der Waals surface area contributed by atoms with Crippen LogP contribution in [0.1, 0.15) is 30.9 Å². The van der Waals surface area contributed by atoms with Crippen molar-refractivity contribution in [2.45, 2.75) is 26.7 Å². The molecule has 0 nitrogen and oxygen atoms in total. The van der Waals surface area contributed by atoms with Gasteiger partial charge in [0.25, 0.3) is 0 Å². The van der Waals surface area contributed by atoms with Crippen molar-refractivity contribution in [3.05, 3.63) is 35.1 Å². The number of benzene rings is 1. The SMILES string of the molecule is Cc1cc(C(CCl)C(C)C)ccc1F. The van der Waals surface area contributed by atoms with Crippen LogP contribution in [-0.2, 0) is 0 Å². The lowest BCUT2D eigenvalue weighted by Gasteiger charge is -2.18. The van der Waals surface area contributed by atoms with Gasteiger partial charge < -0.3 is 0 Å². The van der Waals surface area contributed by atoms with Gasteiger partial charge in [-0.05, 0) is 36.0 Å². The first-order valence-corrected chi connectivity index (χ1v) is 5.41. The molecule has 0 fully saturated rings. The average Bonchev–Trinajstić information content (AvgIpc) is 2.11. The Morgan fingerprint density at radius 2 is 2.00 bits per heavy atom. The van der Waals surface area contributed by atoms with Crippen molar-refractivity contribution in [1.29, 1.82) is 0 Å². The molecule has 0 heterocycles. The molecule has 1 unspecified atom stereocenters. The Morgan fingerprint density at radius 3 is 2.43 bits per heavy atom. The number of hydrogen-bond donors (Lipinski definition) is 0. The lowest BCUT2D eigenvalue weighted by Crippen LogP contribution is -2.08. The fourth-order valence-corrected chi connectivity index (χ4v) is 2.09. The van der Waals surface area contributed by atoms with Crippen molar-refractivity contribution < 1.29 is 4.39 Å². The van der Waals surface area contributed by atoms with Crippen molar-refractivity contribution in [1.82, 2.24) is 0 Å². The van der Waals surface area contributed by atoms with Crippen LogP contribution in [0.3, 0.4) is 0 Å². The molecule has 1 rings (SSSR count). The summed E-state index contributed by atoms with van der Waals surface area (Å²) < 4.78 is 13.0. The molecule has 0 amide bonds. The van der Waals surface area contributed by atoms with Crippen LogP contribution in [-0.4, -0.2) is 5.88 Å². The minimum atomic E-state index is -0.147. The van der Waals surface area contributed by atoms with E-state index >= 15 is 0 Å². The third-order valence-electron chi connectivity index (χ3n) is 2.58. The first-order chi connectivity index (χ1) is 6.56. The van der Waals surface area contributed by atoms with Crippen molar-refractivity contribution in [3.8, 4) is 0 Å². The van der Waals surface area contributed by atoms with E-state index in [4.69, 9.17) is 11.6 Å². The zero-order valence-electron chi connectivity index (χ0n) is 8.85. The van der Waals surface area contributed by atoms with Gasteiger partial charge in [-0.3, -0.25) is 0 Å². The van der Waals surface area contributed by atoms with Crippen molar-refractivity contribution in [2.75, 3.05) is 5.88 Å². The van der Waals surface area contributed by atoms with E-state index in [2.05, 4.69) is 13.8 Å². The summed E-state index contributed by atoms with van der Waals surface area (Å²) in [4.78, 5) is 0. The Hall–Kier alpha value is -0.560. The number of aryl methyl sites for hydroxylation is 1. The fourth-order valence-electron chi connectivity index (χ4n) is 1.55. The van der Waals surface area contributed by atoms with Crippen LogP contribution in [0, 0.1) is 18.7 Å². The number of hydrogen-bond acceptors (Lipinski definition) is 0. The lowest BCUT2D eigenvalue weighted by atomic mass is 9.89. The Morgan fingerprint density at radius 1 is 1.36 bits per heavy atom. The van der Waals surface area contributed by atoms with Crippen molar-refractivity contribution in [3.63, 3.8) is 0 Å². The van der Waals surface area contributed by atoms with Crippen LogP contribution in [0.15, 0.2) is 18.2 Å². The van der Waals surface area contributed by atoms with Crippen LogP contribution in [0.5, 0.6) is 0 Å². The largest absolute Gasteiger partial charge is 0.207 e. The maximum Gasteiger partial charge on any atom is 0.126 e. The van der Waals surface area contributed by atoms with Gasteiger partial charge in [-0.2, -0.15) is 0 Å². The Bertz CT molecular complexity index is 307. The molecule has 2 heteroatoms. The molecule has 0 aliphatic heterocycles. The quantitative estimate of drug-likeness (QED) is 0.665. The van der Waals surface area contributed by atoms with Crippen LogP contribution in [0.4, 0.5) is 4.39 Å². The first kappa shape index (κ1) is 11.5. The molecule has 0 N–H and O–H groups in total. The molecule has 1 aromatic carbocycles. The molecule has 0 aromatic heterocycles.